The van der Waals surface area contributed by atoms with Gasteiger partial charge in [0.25, 0.3) is 5.89 Å². The highest BCUT2D eigenvalue weighted by Crippen LogP contribution is 2.30. The van der Waals surface area contributed by atoms with Crippen molar-refractivity contribution in [3.05, 3.63) is 60.0 Å². The van der Waals surface area contributed by atoms with Gasteiger partial charge in [-0.2, -0.15) is 5.26 Å². The van der Waals surface area contributed by atoms with Crippen molar-refractivity contribution in [1.29, 1.82) is 5.26 Å². The number of nitriles is 1. The van der Waals surface area contributed by atoms with Gasteiger partial charge in [0.1, 0.15) is 0 Å². The molecule has 3 aromatic heterocycles. The highest BCUT2D eigenvalue weighted by atomic mass is 16.4. The van der Waals surface area contributed by atoms with E-state index in [1.807, 2.05) is 38.1 Å². The molecule has 1 aliphatic rings. The Bertz CT molecular complexity index is 1400. The van der Waals surface area contributed by atoms with Crippen molar-refractivity contribution >= 4 is 5.82 Å². The van der Waals surface area contributed by atoms with E-state index in [1.165, 1.54) is 0 Å². The van der Waals surface area contributed by atoms with Crippen molar-refractivity contribution in [2.75, 3.05) is 25.4 Å². The van der Waals surface area contributed by atoms with Gasteiger partial charge in [-0.05, 0) is 43.7 Å². The number of anilines is 1. The third-order valence-electron chi connectivity index (χ3n) is 5.98. The Kier molecular flexibility index (Phi) is 5.94. The second kappa shape index (κ2) is 9.21. The van der Waals surface area contributed by atoms with E-state index in [4.69, 9.17) is 10.2 Å². The summed E-state index contributed by atoms with van der Waals surface area (Å²) in [6.07, 6.45) is 3.22. The number of nitrogens with zero attached hydrogens (tertiary/aromatic N) is 6. The zero-order valence-corrected chi connectivity index (χ0v) is 19.5. The Morgan fingerprint density at radius 2 is 1.94 bits per heavy atom. The van der Waals surface area contributed by atoms with Crippen LogP contribution in [0.4, 0.5) is 5.82 Å². The normalized spacial score (nSPS) is 16.1. The zero-order valence-electron chi connectivity index (χ0n) is 19.5. The molecular weight excluding hydrogens is 442 g/mol. The maximum absolute atomic E-state index is 9.46. The summed E-state index contributed by atoms with van der Waals surface area (Å²) < 4.78 is 5.97. The molecule has 1 saturated heterocycles. The molecule has 10 nitrogen and oxygen atoms in total. The molecular formula is C25H25N9O. The van der Waals surface area contributed by atoms with Crippen LogP contribution in [0.3, 0.4) is 0 Å². The molecule has 1 aliphatic heterocycles. The van der Waals surface area contributed by atoms with Crippen LogP contribution in [0.25, 0.3) is 34.3 Å². The van der Waals surface area contributed by atoms with Crippen LogP contribution in [-0.2, 0) is 5.41 Å². The van der Waals surface area contributed by atoms with Crippen LogP contribution in [0, 0.1) is 11.3 Å². The maximum atomic E-state index is 9.46. The highest BCUT2D eigenvalue weighted by molar-refractivity contribution is 5.69. The van der Waals surface area contributed by atoms with Crippen molar-refractivity contribution in [3.63, 3.8) is 0 Å². The van der Waals surface area contributed by atoms with Gasteiger partial charge in [0, 0.05) is 43.0 Å². The number of pyridine rings is 1. The number of nitrogens with two attached hydrogens (primary N) is 1. The summed E-state index contributed by atoms with van der Waals surface area (Å²) in [6, 6.07) is 14.1. The average molecular weight is 468 g/mol. The van der Waals surface area contributed by atoms with Gasteiger partial charge in [0.05, 0.1) is 29.1 Å². The smallest absolute Gasteiger partial charge is 0.270 e. The molecule has 1 fully saturated rings. The fraction of sp³-hybridized carbons (Fsp3) is 0.280. The van der Waals surface area contributed by atoms with Gasteiger partial charge >= 0.3 is 0 Å². The number of hydrogen-bond acceptors (Lipinski definition) is 10. The number of nitrogens with one attached hydrogen (secondary N) is 2. The van der Waals surface area contributed by atoms with Gasteiger partial charge in [0.2, 0.25) is 5.89 Å². The molecule has 1 unspecified atom stereocenters. The Balaban J connectivity index is 1.46. The number of nitrogen functional groups attached to an aromatic ring is 1. The molecule has 4 heterocycles. The third kappa shape index (κ3) is 4.59. The van der Waals surface area contributed by atoms with E-state index in [9.17, 15) is 5.26 Å². The summed E-state index contributed by atoms with van der Waals surface area (Å²) in [7, 11) is 0. The first-order valence-corrected chi connectivity index (χ1v) is 11.3. The van der Waals surface area contributed by atoms with Crippen LogP contribution in [0.5, 0.6) is 0 Å². The van der Waals surface area contributed by atoms with Gasteiger partial charge < -0.3 is 20.8 Å². The topological polar surface area (TPSA) is 151 Å². The Morgan fingerprint density at radius 1 is 1.09 bits per heavy atom. The molecule has 0 aliphatic carbocycles. The molecule has 1 aromatic carbocycles. The van der Waals surface area contributed by atoms with Crippen LogP contribution in [0.1, 0.15) is 31.1 Å². The summed E-state index contributed by atoms with van der Waals surface area (Å²) in [5, 5.41) is 24.8. The van der Waals surface area contributed by atoms with E-state index in [-0.39, 0.29) is 17.8 Å². The maximum Gasteiger partial charge on any atom is 0.270 e. The van der Waals surface area contributed by atoms with Crippen molar-refractivity contribution in [2.24, 2.45) is 0 Å². The number of rotatable bonds is 5. The largest absolute Gasteiger partial charge is 0.414 e. The predicted octanol–water partition coefficient (Wildman–Crippen LogP) is 2.87. The fourth-order valence-electron chi connectivity index (χ4n) is 3.90. The van der Waals surface area contributed by atoms with Crippen molar-refractivity contribution in [3.8, 4) is 40.4 Å². The number of hydrogen-bond donors (Lipinski definition) is 3. The minimum Gasteiger partial charge on any atom is -0.414 e. The molecule has 0 amide bonds. The minimum atomic E-state index is -0.737. The molecule has 0 radical (unpaired) electrons. The van der Waals surface area contributed by atoms with Crippen LogP contribution >= 0.6 is 0 Å². The standard InChI is InChI=1S/C25H25N9O/c1-25(2,14-26)20-11-16(6-7-30-20)19-13-31-22(27)21(32-19)24-34-33-23(35-24)17-5-3-4-15(10-17)18-12-28-8-9-29-18/h3-7,10-11,13,18,28-29H,8-9,12H2,1-2H3,(H2,27,31). The molecule has 176 valence electrons. The van der Waals surface area contributed by atoms with Gasteiger partial charge in [0.15, 0.2) is 11.5 Å². The minimum absolute atomic E-state index is 0.182. The Hall–Kier alpha value is -4.20. The van der Waals surface area contributed by atoms with E-state index < -0.39 is 5.41 Å². The van der Waals surface area contributed by atoms with Gasteiger partial charge in [-0.3, -0.25) is 4.98 Å². The molecule has 0 saturated carbocycles. The second-order valence-corrected chi connectivity index (χ2v) is 8.90. The molecule has 10 heteroatoms. The second-order valence-electron chi connectivity index (χ2n) is 8.90. The first-order chi connectivity index (χ1) is 16.9. The van der Waals surface area contributed by atoms with E-state index in [0.29, 0.717) is 23.0 Å². The van der Waals surface area contributed by atoms with E-state index in [2.05, 4.69) is 47.9 Å². The summed E-state index contributed by atoms with van der Waals surface area (Å²) in [5.74, 6) is 0.738. The Labute approximate surface area is 202 Å². The molecule has 4 aromatic rings. The lowest BCUT2D eigenvalue weighted by Crippen LogP contribution is -2.42. The van der Waals surface area contributed by atoms with Crippen LogP contribution in [0.15, 0.2) is 53.2 Å². The lowest BCUT2D eigenvalue weighted by Gasteiger charge is -2.25. The summed E-state index contributed by atoms with van der Waals surface area (Å²) in [4.78, 5) is 13.3. The molecule has 1 atom stereocenters. The highest BCUT2D eigenvalue weighted by Gasteiger charge is 2.23. The van der Waals surface area contributed by atoms with Crippen LogP contribution in [0.2, 0.25) is 0 Å². The van der Waals surface area contributed by atoms with Crippen molar-refractivity contribution in [1.82, 2.24) is 35.8 Å². The molecule has 0 bridgehead atoms. The monoisotopic (exact) mass is 467 g/mol. The van der Waals surface area contributed by atoms with Crippen LogP contribution in [-0.4, -0.2) is 44.8 Å². The summed E-state index contributed by atoms with van der Waals surface area (Å²) in [6.45, 7) is 6.37. The zero-order chi connectivity index (χ0) is 24.4. The van der Waals surface area contributed by atoms with Crippen LogP contribution < -0.4 is 16.4 Å². The van der Waals surface area contributed by atoms with Gasteiger partial charge in [-0.1, -0.05) is 12.1 Å². The molecule has 4 N–H and O–H groups in total. The van der Waals surface area contributed by atoms with Gasteiger partial charge in [-0.25, -0.2) is 9.97 Å². The summed E-state index contributed by atoms with van der Waals surface area (Å²) in [5.41, 5.74) is 9.59. The molecule has 5 rings (SSSR count). The number of piperazine rings is 1. The first kappa shape index (κ1) is 22.6. The van der Waals surface area contributed by atoms with Crippen molar-refractivity contribution < 1.29 is 4.42 Å². The average Bonchev–Trinajstić information content (AvgIpc) is 3.40. The molecule has 35 heavy (non-hydrogen) atoms. The van der Waals surface area contributed by atoms with Gasteiger partial charge in [-0.15, -0.1) is 10.2 Å². The lowest BCUT2D eigenvalue weighted by atomic mass is 9.90. The first-order valence-electron chi connectivity index (χ1n) is 11.3. The van der Waals surface area contributed by atoms with E-state index >= 15 is 0 Å². The quantitative estimate of drug-likeness (QED) is 0.399. The number of aromatic nitrogens is 5. The predicted molar refractivity (Wildman–Crippen MR) is 131 cm³/mol. The fourth-order valence-corrected chi connectivity index (χ4v) is 3.90. The summed E-state index contributed by atoms with van der Waals surface area (Å²) >= 11 is 0. The van der Waals surface area contributed by atoms with Crippen molar-refractivity contribution in [2.45, 2.75) is 25.3 Å². The lowest BCUT2D eigenvalue weighted by molar-refractivity contribution is 0.430. The van der Waals surface area contributed by atoms with E-state index in [0.717, 1.165) is 36.3 Å². The van der Waals surface area contributed by atoms with E-state index in [1.54, 1.807) is 18.5 Å². The number of benzene rings is 1. The third-order valence-corrected chi connectivity index (χ3v) is 5.98. The SMILES string of the molecule is CC(C)(C#N)c1cc(-c2cnc(N)c(-c3nnc(-c4cccc(C5CNCCN5)c4)o3)n2)ccn1. The molecule has 0 spiro atoms. The Morgan fingerprint density at radius 3 is 2.74 bits per heavy atom.